The molecule has 188 valence electrons. The molecule has 9 heteroatoms. The molecule has 1 saturated heterocycles. The third-order valence-electron chi connectivity index (χ3n) is 5.48. The van der Waals surface area contributed by atoms with Gasteiger partial charge in [0.25, 0.3) is 11.8 Å². The Bertz CT molecular complexity index is 972. The lowest BCUT2D eigenvalue weighted by molar-refractivity contribution is -0.186. The van der Waals surface area contributed by atoms with Gasteiger partial charge in [-0.15, -0.1) is 0 Å². The molecule has 1 heterocycles. The van der Waals surface area contributed by atoms with E-state index in [-0.39, 0.29) is 12.3 Å². The van der Waals surface area contributed by atoms with Gasteiger partial charge in [0.15, 0.2) is 6.29 Å². The third-order valence-corrected chi connectivity index (χ3v) is 5.48. The van der Waals surface area contributed by atoms with E-state index >= 15 is 0 Å². The molecule has 0 saturated carbocycles. The molecule has 1 unspecified atom stereocenters. The zero-order chi connectivity index (χ0) is 24.9. The first-order valence-electron chi connectivity index (χ1n) is 11.9. The van der Waals surface area contributed by atoms with Crippen LogP contribution in [-0.4, -0.2) is 48.9 Å². The number of amides is 2. The Hall–Kier alpha value is -3.43. The van der Waals surface area contributed by atoms with Crippen LogP contribution in [0.15, 0.2) is 48.5 Å². The summed E-state index contributed by atoms with van der Waals surface area (Å²) in [6.07, 6.45) is 4.33. The van der Waals surface area contributed by atoms with Gasteiger partial charge in [0.2, 0.25) is 0 Å². The molecular weight excluding hydrogens is 452 g/mol. The largest absolute Gasteiger partial charge is 0.494 e. The number of hydrogen-bond donors (Lipinski definition) is 3. The second-order valence-corrected chi connectivity index (χ2v) is 8.28. The monoisotopic (exact) mass is 484 g/mol. The smallest absolute Gasteiger partial charge is 0.303 e. The highest BCUT2D eigenvalue weighted by Crippen LogP contribution is 2.14. The van der Waals surface area contributed by atoms with Gasteiger partial charge in [0.05, 0.1) is 6.61 Å². The minimum absolute atomic E-state index is 0.149. The van der Waals surface area contributed by atoms with E-state index in [1.807, 2.05) is 24.3 Å². The molecule has 2 aromatic carbocycles. The molecule has 0 aromatic heterocycles. The molecule has 1 aliphatic heterocycles. The van der Waals surface area contributed by atoms with E-state index in [0.717, 1.165) is 30.6 Å². The Labute approximate surface area is 204 Å². The van der Waals surface area contributed by atoms with Crippen LogP contribution in [0.1, 0.15) is 64.8 Å². The van der Waals surface area contributed by atoms with Crippen molar-refractivity contribution in [2.45, 2.75) is 51.2 Å². The maximum atomic E-state index is 12.5. The van der Waals surface area contributed by atoms with Crippen LogP contribution in [0.25, 0.3) is 0 Å². The summed E-state index contributed by atoms with van der Waals surface area (Å²) in [6.45, 7) is 1.53. The van der Waals surface area contributed by atoms with Gasteiger partial charge < -0.3 is 19.9 Å². The number of carboxylic acids is 1. The molecule has 9 nitrogen and oxygen atoms in total. The van der Waals surface area contributed by atoms with Crippen LogP contribution in [0.4, 0.5) is 0 Å². The summed E-state index contributed by atoms with van der Waals surface area (Å²) >= 11 is 0. The number of carboxylic acid groups (broad SMARTS) is 1. The standard InChI is InChI=1S/C26H32N2O7/c29-23(30)8-1-3-16-33-22-12-10-19(11-13-22)14-15-27-25(31)20-6-5-7-21(18-20)26(32)28-35-24-9-2-4-17-34-24/h5-7,10-13,18,24H,1-4,8-9,14-17H2,(H,27,31)(H,28,32)(H,29,30). The molecule has 35 heavy (non-hydrogen) atoms. The number of aliphatic carboxylic acids is 1. The molecule has 3 rings (SSSR count). The normalized spacial score (nSPS) is 15.3. The quantitative estimate of drug-likeness (QED) is 0.294. The van der Waals surface area contributed by atoms with Crippen molar-refractivity contribution >= 4 is 17.8 Å². The maximum Gasteiger partial charge on any atom is 0.303 e. The van der Waals surface area contributed by atoms with Crippen LogP contribution in [0.3, 0.4) is 0 Å². The highest BCUT2D eigenvalue weighted by Gasteiger charge is 2.17. The van der Waals surface area contributed by atoms with Crippen LogP contribution < -0.4 is 15.5 Å². The highest BCUT2D eigenvalue weighted by atomic mass is 16.8. The van der Waals surface area contributed by atoms with Gasteiger partial charge in [0, 0.05) is 37.1 Å². The highest BCUT2D eigenvalue weighted by molar-refractivity contribution is 5.99. The SMILES string of the molecule is O=C(O)CCCCOc1ccc(CCNC(=O)c2cccc(C(=O)NOC3CCCCO3)c2)cc1. The number of carbonyl (C=O) groups is 3. The van der Waals surface area contributed by atoms with Gasteiger partial charge in [-0.1, -0.05) is 18.2 Å². The number of hydroxylamine groups is 1. The van der Waals surface area contributed by atoms with Crippen molar-refractivity contribution in [1.82, 2.24) is 10.8 Å². The number of carbonyl (C=O) groups excluding carboxylic acids is 2. The predicted octanol–water partition coefficient (Wildman–Crippen LogP) is 3.48. The fourth-order valence-corrected chi connectivity index (χ4v) is 3.53. The number of unbranched alkanes of at least 4 members (excludes halogenated alkanes) is 1. The van der Waals surface area contributed by atoms with Gasteiger partial charge in [-0.2, -0.15) is 0 Å². The summed E-state index contributed by atoms with van der Waals surface area (Å²) in [6, 6.07) is 14.0. The van der Waals surface area contributed by atoms with Crippen LogP contribution in [0.2, 0.25) is 0 Å². The lowest BCUT2D eigenvalue weighted by atomic mass is 10.1. The zero-order valence-electron chi connectivity index (χ0n) is 19.7. The molecule has 2 aromatic rings. The Morgan fingerprint density at radius 3 is 2.49 bits per heavy atom. The summed E-state index contributed by atoms with van der Waals surface area (Å²) < 4.78 is 11.0. The van der Waals surface area contributed by atoms with Crippen molar-refractivity contribution in [1.29, 1.82) is 0 Å². The molecule has 2 amide bonds. The summed E-state index contributed by atoms with van der Waals surface area (Å²) in [5.74, 6) is -0.771. The molecule has 1 atom stereocenters. The molecule has 0 radical (unpaired) electrons. The topological polar surface area (TPSA) is 123 Å². The van der Waals surface area contributed by atoms with E-state index in [9.17, 15) is 14.4 Å². The Morgan fingerprint density at radius 2 is 1.77 bits per heavy atom. The number of nitrogens with one attached hydrogen (secondary N) is 2. The third kappa shape index (κ3) is 9.38. The predicted molar refractivity (Wildman–Crippen MR) is 128 cm³/mol. The van der Waals surface area contributed by atoms with E-state index in [0.29, 0.717) is 50.1 Å². The van der Waals surface area contributed by atoms with Crippen molar-refractivity contribution in [2.75, 3.05) is 19.8 Å². The summed E-state index contributed by atoms with van der Waals surface area (Å²) in [5, 5.41) is 11.5. The zero-order valence-corrected chi connectivity index (χ0v) is 19.7. The van der Waals surface area contributed by atoms with E-state index in [1.54, 1.807) is 18.2 Å². The molecule has 0 aliphatic carbocycles. The van der Waals surface area contributed by atoms with E-state index in [1.165, 1.54) is 6.07 Å². The average molecular weight is 485 g/mol. The lowest BCUT2D eigenvalue weighted by Crippen LogP contribution is -2.33. The van der Waals surface area contributed by atoms with E-state index in [2.05, 4.69) is 10.8 Å². The summed E-state index contributed by atoms with van der Waals surface area (Å²) in [4.78, 5) is 40.7. The number of ether oxygens (including phenoxy) is 2. The Balaban J connectivity index is 1.38. The molecule has 1 fully saturated rings. The summed E-state index contributed by atoms with van der Waals surface area (Å²) in [7, 11) is 0. The van der Waals surface area contributed by atoms with Crippen molar-refractivity contribution in [2.24, 2.45) is 0 Å². The van der Waals surface area contributed by atoms with Crippen molar-refractivity contribution < 1.29 is 33.8 Å². The first kappa shape index (κ1) is 26.2. The van der Waals surface area contributed by atoms with Crippen LogP contribution in [0.5, 0.6) is 5.75 Å². The first-order chi connectivity index (χ1) is 17.0. The first-order valence-corrected chi connectivity index (χ1v) is 11.9. The molecule has 3 N–H and O–H groups in total. The fraction of sp³-hybridized carbons (Fsp3) is 0.423. The van der Waals surface area contributed by atoms with E-state index in [4.69, 9.17) is 19.4 Å². The van der Waals surface area contributed by atoms with E-state index < -0.39 is 18.2 Å². The van der Waals surface area contributed by atoms with Crippen molar-refractivity contribution in [3.63, 3.8) is 0 Å². The number of rotatable bonds is 13. The van der Waals surface area contributed by atoms with Gasteiger partial charge in [-0.25, -0.2) is 10.3 Å². The minimum Gasteiger partial charge on any atom is -0.494 e. The van der Waals surface area contributed by atoms with Crippen LogP contribution in [-0.2, 0) is 20.8 Å². The second-order valence-electron chi connectivity index (χ2n) is 8.28. The number of hydrogen-bond acceptors (Lipinski definition) is 6. The maximum absolute atomic E-state index is 12.5. The Morgan fingerprint density at radius 1 is 1.00 bits per heavy atom. The van der Waals surface area contributed by atoms with Gasteiger partial charge in [-0.05, 0) is 68.0 Å². The molecule has 0 bridgehead atoms. The lowest BCUT2D eigenvalue weighted by Gasteiger charge is -2.22. The van der Waals surface area contributed by atoms with Gasteiger partial charge in [-0.3, -0.25) is 14.4 Å². The van der Waals surface area contributed by atoms with Gasteiger partial charge >= 0.3 is 5.97 Å². The minimum atomic E-state index is -0.797. The van der Waals surface area contributed by atoms with Crippen molar-refractivity contribution in [3.8, 4) is 5.75 Å². The molecule has 1 aliphatic rings. The fourth-order valence-electron chi connectivity index (χ4n) is 3.53. The molecular formula is C26H32N2O7. The Kier molecular flexibility index (Phi) is 10.5. The van der Waals surface area contributed by atoms with Gasteiger partial charge in [0.1, 0.15) is 5.75 Å². The molecule has 0 spiro atoms. The number of benzene rings is 2. The second kappa shape index (κ2) is 14.1. The summed E-state index contributed by atoms with van der Waals surface area (Å²) in [5.41, 5.74) is 4.15. The van der Waals surface area contributed by atoms with Crippen LogP contribution >= 0.6 is 0 Å². The van der Waals surface area contributed by atoms with Crippen molar-refractivity contribution in [3.05, 3.63) is 65.2 Å². The van der Waals surface area contributed by atoms with Crippen LogP contribution in [0, 0.1) is 0 Å². The average Bonchev–Trinajstić information content (AvgIpc) is 2.88.